The van der Waals surface area contributed by atoms with Crippen molar-refractivity contribution in [1.29, 1.82) is 0 Å². The molecule has 6 heteroatoms. The lowest BCUT2D eigenvalue weighted by atomic mass is 10.0. The first-order chi connectivity index (χ1) is 11.7. The molecule has 0 bridgehead atoms. The predicted octanol–water partition coefficient (Wildman–Crippen LogP) is 2.80. The third-order valence-corrected chi connectivity index (χ3v) is 5.95. The summed E-state index contributed by atoms with van der Waals surface area (Å²) in [5.74, 6) is -0.339. The van der Waals surface area contributed by atoms with Gasteiger partial charge < -0.3 is 5.32 Å². The van der Waals surface area contributed by atoms with Crippen molar-refractivity contribution in [3.8, 4) is 0 Å². The molecule has 2 aromatic carbocycles. The number of carbonyl (C=O) groups is 1. The van der Waals surface area contributed by atoms with Crippen molar-refractivity contribution >= 4 is 15.9 Å². The number of rotatable bonds is 6. The first-order valence-corrected chi connectivity index (χ1v) is 9.53. The summed E-state index contributed by atoms with van der Waals surface area (Å²) < 4.78 is 26.1. The number of sulfonamides is 1. The molecule has 2 rings (SSSR count). The lowest BCUT2D eigenvalue weighted by Crippen LogP contribution is -2.39. The fourth-order valence-electron chi connectivity index (χ4n) is 2.61. The van der Waals surface area contributed by atoms with Gasteiger partial charge >= 0.3 is 0 Å². The minimum absolute atomic E-state index is 0.181. The Labute approximate surface area is 149 Å². The highest BCUT2D eigenvalue weighted by Crippen LogP contribution is 2.17. The second-order valence-electron chi connectivity index (χ2n) is 6.22. The van der Waals surface area contributed by atoms with Crippen LogP contribution in [-0.2, 0) is 14.8 Å². The van der Waals surface area contributed by atoms with Gasteiger partial charge in [0, 0.05) is 7.05 Å². The highest BCUT2D eigenvalue weighted by Gasteiger charge is 2.23. The Bertz CT molecular complexity index is 845. The third-order valence-electron chi connectivity index (χ3n) is 4.13. The van der Waals surface area contributed by atoms with Gasteiger partial charge in [-0.25, -0.2) is 8.42 Å². The summed E-state index contributed by atoms with van der Waals surface area (Å²) in [4.78, 5) is 12.4. The predicted molar refractivity (Wildman–Crippen MR) is 98.7 cm³/mol. The number of benzene rings is 2. The van der Waals surface area contributed by atoms with E-state index in [2.05, 4.69) is 5.32 Å². The number of likely N-dealkylation sites (N-methyl/N-ethyl adjacent to an activating group) is 1. The number of aryl methyl sites for hydroxylation is 2. The molecule has 0 aromatic heterocycles. The molecule has 0 saturated heterocycles. The summed E-state index contributed by atoms with van der Waals surface area (Å²) in [5.41, 5.74) is 3.07. The van der Waals surface area contributed by atoms with Gasteiger partial charge in [0.05, 0.1) is 17.5 Å². The van der Waals surface area contributed by atoms with Crippen LogP contribution >= 0.6 is 0 Å². The molecule has 1 amide bonds. The Balaban J connectivity index is 2.04. The lowest BCUT2D eigenvalue weighted by molar-refractivity contribution is -0.121. The van der Waals surface area contributed by atoms with Crippen LogP contribution in [0.15, 0.2) is 53.4 Å². The molecule has 2 aromatic rings. The van der Waals surface area contributed by atoms with Gasteiger partial charge in [-0.3, -0.25) is 4.79 Å². The molecule has 134 valence electrons. The van der Waals surface area contributed by atoms with Crippen molar-refractivity contribution in [2.75, 3.05) is 13.6 Å². The molecule has 0 aliphatic carbocycles. The van der Waals surface area contributed by atoms with Gasteiger partial charge in [0.15, 0.2) is 0 Å². The molecular formula is C19H24N2O3S. The average Bonchev–Trinajstić information content (AvgIpc) is 2.55. The van der Waals surface area contributed by atoms with Crippen molar-refractivity contribution in [2.45, 2.75) is 31.7 Å². The van der Waals surface area contributed by atoms with E-state index in [0.29, 0.717) is 0 Å². The molecule has 0 spiro atoms. The second kappa shape index (κ2) is 7.80. The summed E-state index contributed by atoms with van der Waals surface area (Å²) in [5, 5.41) is 2.86. The van der Waals surface area contributed by atoms with E-state index in [1.807, 2.05) is 45.0 Å². The Morgan fingerprint density at radius 2 is 1.68 bits per heavy atom. The van der Waals surface area contributed by atoms with Gasteiger partial charge in [0.1, 0.15) is 0 Å². The number of nitrogens with one attached hydrogen (secondary N) is 1. The standard InChI is InChI=1S/C19H24N2O3S/c1-14-9-11-17(12-10-14)25(23,24)21(4)13-19(22)20-16(3)18-8-6-5-7-15(18)2/h5-12,16H,13H2,1-4H3,(H,20,22)/t16-/m1/s1. The number of amides is 1. The molecule has 0 unspecified atom stereocenters. The van der Waals surface area contributed by atoms with Crippen LogP contribution in [0.2, 0.25) is 0 Å². The van der Waals surface area contributed by atoms with Crippen LogP contribution in [0.4, 0.5) is 0 Å². The monoisotopic (exact) mass is 360 g/mol. The molecule has 5 nitrogen and oxygen atoms in total. The topological polar surface area (TPSA) is 66.5 Å². The van der Waals surface area contributed by atoms with E-state index in [1.54, 1.807) is 24.3 Å². The molecule has 0 radical (unpaired) electrons. The van der Waals surface area contributed by atoms with Gasteiger partial charge in [-0.2, -0.15) is 4.31 Å². The number of hydrogen-bond acceptors (Lipinski definition) is 3. The van der Waals surface area contributed by atoms with Crippen molar-refractivity contribution in [3.05, 3.63) is 65.2 Å². The largest absolute Gasteiger partial charge is 0.348 e. The molecule has 25 heavy (non-hydrogen) atoms. The molecule has 0 fully saturated rings. The molecule has 0 aliphatic heterocycles. The van der Waals surface area contributed by atoms with Crippen LogP contribution in [-0.4, -0.2) is 32.2 Å². The highest BCUT2D eigenvalue weighted by molar-refractivity contribution is 7.89. The van der Waals surface area contributed by atoms with E-state index < -0.39 is 10.0 Å². The minimum atomic E-state index is -3.69. The molecular weight excluding hydrogens is 336 g/mol. The third kappa shape index (κ3) is 4.67. The Morgan fingerprint density at radius 3 is 2.28 bits per heavy atom. The van der Waals surface area contributed by atoms with Gasteiger partial charge in [0.2, 0.25) is 15.9 Å². The summed E-state index contributed by atoms with van der Waals surface area (Å²) >= 11 is 0. The van der Waals surface area contributed by atoms with E-state index in [-0.39, 0.29) is 23.4 Å². The Morgan fingerprint density at radius 1 is 1.08 bits per heavy atom. The zero-order chi connectivity index (χ0) is 18.6. The smallest absolute Gasteiger partial charge is 0.243 e. The molecule has 1 N–H and O–H groups in total. The van der Waals surface area contributed by atoms with Gasteiger partial charge in [0.25, 0.3) is 0 Å². The van der Waals surface area contributed by atoms with Crippen molar-refractivity contribution in [1.82, 2.24) is 9.62 Å². The number of hydrogen-bond donors (Lipinski definition) is 1. The van der Waals surface area contributed by atoms with Gasteiger partial charge in [-0.05, 0) is 44.0 Å². The zero-order valence-electron chi connectivity index (χ0n) is 15.0. The summed E-state index contributed by atoms with van der Waals surface area (Å²) in [6.07, 6.45) is 0. The minimum Gasteiger partial charge on any atom is -0.348 e. The molecule has 1 atom stereocenters. The van der Waals surface area contributed by atoms with Gasteiger partial charge in [-0.1, -0.05) is 42.0 Å². The Kier molecular flexibility index (Phi) is 5.98. The number of carbonyl (C=O) groups excluding carboxylic acids is 1. The Hall–Kier alpha value is -2.18. The second-order valence-corrected chi connectivity index (χ2v) is 8.26. The van der Waals surface area contributed by atoms with Crippen molar-refractivity contribution < 1.29 is 13.2 Å². The van der Waals surface area contributed by atoms with Crippen LogP contribution in [0.1, 0.15) is 29.7 Å². The van der Waals surface area contributed by atoms with E-state index in [1.165, 1.54) is 7.05 Å². The maximum atomic E-state index is 12.5. The van der Waals surface area contributed by atoms with Crippen molar-refractivity contribution in [2.24, 2.45) is 0 Å². The van der Waals surface area contributed by atoms with E-state index in [4.69, 9.17) is 0 Å². The summed E-state index contributed by atoms with van der Waals surface area (Å²) in [6, 6.07) is 14.2. The average molecular weight is 360 g/mol. The fourth-order valence-corrected chi connectivity index (χ4v) is 3.74. The van der Waals surface area contributed by atoms with E-state index >= 15 is 0 Å². The van der Waals surface area contributed by atoms with Crippen molar-refractivity contribution in [3.63, 3.8) is 0 Å². The fraction of sp³-hybridized carbons (Fsp3) is 0.316. The highest BCUT2D eigenvalue weighted by atomic mass is 32.2. The molecule has 0 heterocycles. The van der Waals surface area contributed by atoms with Gasteiger partial charge in [-0.15, -0.1) is 0 Å². The van der Waals surface area contributed by atoms with Crippen LogP contribution in [0.5, 0.6) is 0 Å². The summed E-state index contributed by atoms with van der Waals surface area (Å²) in [7, 11) is -2.28. The quantitative estimate of drug-likeness (QED) is 0.861. The van der Waals surface area contributed by atoms with E-state index in [9.17, 15) is 13.2 Å². The zero-order valence-corrected chi connectivity index (χ0v) is 15.8. The van der Waals surface area contributed by atoms with E-state index in [0.717, 1.165) is 21.0 Å². The van der Waals surface area contributed by atoms with Crippen LogP contribution < -0.4 is 5.32 Å². The maximum absolute atomic E-state index is 12.5. The molecule has 0 saturated carbocycles. The number of nitrogens with zero attached hydrogens (tertiary/aromatic N) is 1. The SMILES string of the molecule is Cc1ccc(S(=O)(=O)N(C)CC(=O)N[C@H](C)c2ccccc2C)cc1. The summed E-state index contributed by atoms with van der Waals surface area (Å²) in [6.45, 7) is 5.52. The van der Waals surface area contributed by atoms with Crippen LogP contribution in [0, 0.1) is 13.8 Å². The maximum Gasteiger partial charge on any atom is 0.243 e. The first kappa shape index (κ1) is 19.1. The first-order valence-electron chi connectivity index (χ1n) is 8.09. The lowest BCUT2D eigenvalue weighted by Gasteiger charge is -2.20. The normalized spacial score (nSPS) is 12.8. The van der Waals surface area contributed by atoms with Crippen LogP contribution in [0.25, 0.3) is 0 Å². The molecule has 0 aliphatic rings. The van der Waals surface area contributed by atoms with Crippen LogP contribution in [0.3, 0.4) is 0 Å².